The largest absolute Gasteiger partial charge is 0.511 e. The van der Waals surface area contributed by atoms with Gasteiger partial charge in [0.1, 0.15) is 5.82 Å². The van der Waals surface area contributed by atoms with E-state index >= 15 is 0 Å². The van der Waals surface area contributed by atoms with Crippen LogP contribution in [0.2, 0.25) is 0 Å². The van der Waals surface area contributed by atoms with Gasteiger partial charge in [-0.1, -0.05) is 0 Å². The first-order chi connectivity index (χ1) is 12.6. The van der Waals surface area contributed by atoms with E-state index < -0.39 is 15.5 Å². The van der Waals surface area contributed by atoms with Gasteiger partial charge in [0.2, 0.25) is 0 Å². The summed E-state index contributed by atoms with van der Waals surface area (Å²) in [4.78, 5) is 4.35. The first kappa shape index (κ1) is 19.8. The van der Waals surface area contributed by atoms with Gasteiger partial charge < -0.3 is 5.32 Å². The minimum absolute atomic E-state index is 0.0155. The summed E-state index contributed by atoms with van der Waals surface area (Å²) in [5.74, 6) is -0.372. The number of aryl methyl sites for hydroxylation is 1. The fourth-order valence-electron chi connectivity index (χ4n) is 3.23. The second-order valence-corrected chi connectivity index (χ2v) is 8.58. The van der Waals surface area contributed by atoms with Crippen molar-refractivity contribution < 1.29 is 26.0 Å². The van der Waals surface area contributed by atoms with E-state index in [0.717, 1.165) is 5.69 Å². The summed E-state index contributed by atoms with van der Waals surface area (Å²) in [7, 11) is -5.27. The number of sulfonamides is 1. The Bertz CT molecular complexity index is 939. The molecule has 1 aliphatic rings. The number of aromatic nitrogens is 1. The molecule has 0 atom stereocenters. The number of rotatable bonds is 4. The van der Waals surface area contributed by atoms with Gasteiger partial charge in [0.25, 0.3) is 0 Å². The summed E-state index contributed by atoms with van der Waals surface area (Å²) in [6.45, 7) is 1.93. The van der Waals surface area contributed by atoms with Gasteiger partial charge in [-0.2, -0.15) is 17.5 Å². The van der Waals surface area contributed by atoms with Crippen molar-refractivity contribution in [3.05, 3.63) is 35.8 Å². The van der Waals surface area contributed by atoms with Crippen molar-refractivity contribution in [2.45, 2.75) is 25.3 Å². The number of pyridine rings is 1. The molecule has 1 N–H and O–H groups in total. The van der Waals surface area contributed by atoms with Crippen molar-refractivity contribution in [1.29, 1.82) is 0 Å². The van der Waals surface area contributed by atoms with Gasteiger partial charge in [-0.25, -0.2) is 12.8 Å². The molecule has 1 fully saturated rings. The van der Waals surface area contributed by atoms with Crippen molar-refractivity contribution in [2.75, 3.05) is 25.0 Å². The summed E-state index contributed by atoms with van der Waals surface area (Å²) in [6.07, 6.45) is 0.636. The van der Waals surface area contributed by atoms with E-state index in [9.17, 15) is 26.0 Å². The van der Waals surface area contributed by atoms with Gasteiger partial charge in [-0.15, -0.1) is 0 Å². The maximum absolute atomic E-state index is 13.6. The first-order valence-electron chi connectivity index (χ1n) is 8.45. The van der Waals surface area contributed by atoms with Crippen LogP contribution in [-0.2, 0) is 10.0 Å². The third-order valence-corrected chi connectivity index (χ3v) is 6.32. The van der Waals surface area contributed by atoms with Crippen LogP contribution < -0.4 is 5.32 Å². The zero-order chi connectivity index (χ0) is 19.8. The molecule has 0 saturated carbocycles. The molecule has 0 aliphatic carbocycles. The van der Waals surface area contributed by atoms with Crippen molar-refractivity contribution in [3.63, 3.8) is 0 Å². The van der Waals surface area contributed by atoms with Crippen molar-refractivity contribution in [1.82, 2.24) is 9.29 Å². The molecule has 148 valence electrons. The third-order valence-electron chi connectivity index (χ3n) is 4.69. The van der Waals surface area contributed by atoms with Crippen LogP contribution in [0.1, 0.15) is 18.5 Å². The highest BCUT2D eigenvalue weighted by atomic mass is 32.2. The van der Waals surface area contributed by atoms with Crippen LogP contribution in [0.4, 0.5) is 23.2 Å². The molecule has 2 aromatic rings. The van der Waals surface area contributed by atoms with Crippen LogP contribution in [0.25, 0.3) is 10.9 Å². The average molecular weight is 405 g/mol. The number of nitrogens with zero attached hydrogens (tertiary/aromatic N) is 2. The number of halogens is 4. The Morgan fingerprint density at radius 2 is 1.89 bits per heavy atom. The number of alkyl halides is 3. The van der Waals surface area contributed by atoms with Gasteiger partial charge in [0.05, 0.1) is 5.52 Å². The predicted octanol–water partition coefficient (Wildman–Crippen LogP) is 3.66. The fraction of sp³-hybridized carbons (Fsp3) is 0.471. The van der Waals surface area contributed by atoms with E-state index in [1.165, 1.54) is 12.1 Å². The van der Waals surface area contributed by atoms with E-state index in [1.807, 2.05) is 6.92 Å². The van der Waals surface area contributed by atoms with E-state index in [-0.39, 0.29) is 24.8 Å². The van der Waals surface area contributed by atoms with Crippen molar-refractivity contribution >= 4 is 26.6 Å². The topological polar surface area (TPSA) is 62.3 Å². The highest BCUT2D eigenvalue weighted by Gasteiger charge is 2.50. The summed E-state index contributed by atoms with van der Waals surface area (Å²) in [5, 5.41) is 3.84. The summed E-state index contributed by atoms with van der Waals surface area (Å²) >= 11 is 0. The van der Waals surface area contributed by atoms with E-state index in [2.05, 4.69) is 10.3 Å². The highest BCUT2D eigenvalue weighted by Crippen LogP contribution is 2.31. The van der Waals surface area contributed by atoms with E-state index in [4.69, 9.17) is 0 Å². The predicted molar refractivity (Wildman–Crippen MR) is 94.2 cm³/mol. The van der Waals surface area contributed by atoms with Crippen molar-refractivity contribution in [2.24, 2.45) is 5.92 Å². The summed E-state index contributed by atoms with van der Waals surface area (Å²) in [5.41, 5.74) is -3.18. The Kier molecular flexibility index (Phi) is 5.31. The number of fused-ring (bicyclic) bond motifs is 1. The van der Waals surface area contributed by atoms with Crippen LogP contribution in [0.15, 0.2) is 24.3 Å². The number of anilines is 1. The van der Waals surface area contributed by atoms with Crippen LogP contribution in [0, 0.1) is 18.7 Å². The maximum atomic E-state index is 13.6. The molecule has 27 heavy (non-hydrogen) atoms. The van der Waals surface area contributed by atoms with Gasteiger partial charge in [-0.3, -0.25) is 4.98 Å². The quantitative estimate of drug-likeness (QED) is 0.789. The Morgan fingerprint density at radius 1 is 1.22 bits per heavy atom. The normalized spacial score (nSPS) is 17.4. The summed E-state index contributed by atoms with van der Waals surface area (Å²) in [6, 6.07) is 6.08. The lowest BCUT2D eigenvalue weighted by Gasteiger charge is -2.31. The second-order valence-electron chi connectivity index (χ2n) is 6.65. The van der Waals surface area contributed by atoms with Crippen LogP contribution >= 0.6 is 0 Å². The SMILES string of the molecule is Cc1cc(NCC2CCN(S(=O)(=O)C(F)(F)F)CC2)c2cc(F)ccc2n1. The van der Waals surface area contributed by atoms with Crippen LogP contribution in [-0.4, -0.2) is 42.8 Å². The highest BCUT2D eigenvalue weighted by molar-refractivity contribution is 7.90. The lowest BCUT2D eigenvalue weighted by molar-refractivity contribution is -0.0496. The Balaban J connectivity index is 1.66. The Hall–Kier alpha value is -1.94. The molecule has 1 aliphatic heterocycles. The standard InChI is InChI=1S/C17H19F4N3O2S/c1-11-8-16(14-9-13(18)2-3-15(14)23-11)22-10-12-4-6-24(7-5-12)27(25,26)17(19,20)21/h2-3,8-9,12H,4-7,10H2,1H3,(H,22,23). The molecule has 0 spiro atoms. The Labute approximate surface area is 154 Å². The molecule has 0 amide bonds. The van der Waals surface area contributed by atoms with Gasteiger partial charge in [-0.05, 0) is 49.9 Å². The molecule has 0 unspecified atom stereocenters. The molecule has 5 nitrogen and oxygen atoms in total. The molecule has 1 aromatic carbocycles. The second kappa shape index (κ2) is 7.23. The minimum atomic E-state index is -5.27. The summed E-state index contributed by atoms with van der Waals surface area (Å²) < 4.78 is 74.8. The van der Waals surface area contributed by atoms with Gasteiger partial charge in [0.15, 0.2) is 0 Å². The fourth-order valence-corrected chi connectivity index (χ4v) is 4.22. The molecule has 0 radical (unpaired) electrons. The van der Waals surface area contributed by atoms with Crippen LogP contribution in [0.3, 0.4) is 0 Å². The number of benzene rings is 1. The molecule has 2 heterocycles. The molecular weight excluding hydrogens is 386 g/mol. The molecular formula is C17H19F4N3O2S. The number of hydrogen-bond donors (Lipinski definition) is 1. The lowest BCUT2D eigenvalue weighted by atomic mass is 9.98. The zero-order valence-electron chi connectivity index (χ0n) is 14.6. The number of piperidine rings is 1. The zero-order valence-corrected chi connectivity index (χ0v) is 15.4. The first-order valence-corrected chi connectivity index (χ1v) is 9.89. The van der Waals surface area contributed by atoms with E-state index in [0.29, 0.717) is 40.3 Å². The molecule has 0 bridgehead atoms. The van der Waals surface area contributed by atoms with Crippen LogP contribution in [0.5, 0.6) is 0 Å². The lowest BCUT2D eigenvalue weighted by Crippen LogP contribution is -2.45. The maximum Gasteiger partial charge on any atom is 0.511 e. The van der Waals surface area contributed by atoms with Gasteiger partial charge >= 0.3 is 15.5 Å². The average Bonchev–Trinajstić information content (AvgIpc) is 2.59. The van der Waals surface area contributed by atoms with Crippen molar-refractivity contribution in [3.8, 4) is 0 Å². The molecule has 1 aromatic heterocycles. The third kappa shape index (κ3) is 4.16. The minimum Gasteiger partial charge on any atom is -0.384 e. The van der Waals surface area contributed by atoms with E-state index in [1.54, 1.807) is 12.1 Å². The molecule has 10 heteroatoms. The van der Waals surface area contributed by atoms with Gasteiger partial charge in [0, 0.05) is 36.4 Å². The molecule has 3 rings (SSSR count). The molecule has 1 saturated heterocycles. The number of nitrogens with one attached hydrogen (secondary N) is 1. The monoisotopic (exact) mass is 405 g/mol. The smallest absolute Gasteiger partial charge is 0.384 e. The Morgan fingerprint density at radius 3 is 2.52 bits per heavy atom. The number of hydrogen-bond acceptors (Lipinski definition) is 4.